The molecular formula is C9H12O2S. The third-order valence-corrected chi connectivity index (χ3v) is 2.79. The molecule has 1 aliphatic rings. The van der Waals surface area contributed by atoms with Crippen LogP contribution in [0.3, 0.4) is 0 Å². The van der Waals surface area contributed by atoms with Gasteiger partial charge in [0.15, 0.2) is 0 Å². The van der Waals surface area contributed by atoms with E-state index >= 15 is 0 Å². The highest BCUT2D eigenvalue weighted by Gasteiger charge is 2.14. The van der Waals surface area contributed by atoms with Crippen molar-refractivity contribution in [2.24, 2.45) is 0 Å². The normalized spacial score (nSPS) is 24.2. The summed E-state index contributed by atoms with van der Waals surface area (Å²) in [5.74, 6) is 0. The van der Waals surface area contributed by atoms with E-state index in [9.17, 15) is 0 Å². The van der Waals surface area contributed by atoms with Crippen molar-refractivity contribution in [3.63, 3.8) is 0 Å². The van der Waals surface area contributed by atoms with Crippen LogP contribution in [-0.4, -0.2) is 25.9 Å². The predicted molar refractivity (Wildman–Crippen MR) is 48.6 cm³/mol. The largest absolute Gasteiger partial charge is 0.376 e. The van der Waals surface area contributed by atoms with Gasteiger partial charge in [-0.3, -0.25) is 0 Å². The minimum atomic E-state index is 0.275. The summed E-state index contributed by atoms with van der Waals surface area (Å²) in [5, 5.41) is 2.10. The van der Waals surface area contributed by atoms with Crippen molar-refractivity contribution < 1.29 is 9.47 Å². The van der Waals surface area contributed by atoms with E-state index in [1.807, 2.05) is 0 Å². The summed E-state index contributed by atoms with van der Waals surface area (Å²) in [6, 6.07) is 4.21. The van der Waals surface area contributed by atoms with Crippen LogP contribution in [0.5, 0.6) is 0 Å². The van der Waals surface area contributed by atoms with Gasteiger partial charge in [0.2, 0.25) is 0 Å². The van der Waals surface area contributed by atoms with Gasteiger partial charge in [-0.25, -0.2) is 0 Å². The highest BCUT2D eigenvalue weighted by Crippen LogP contribution is 2.14. The lowest BCUT2D eigenvalue weighted by Crippen LogP contribution is -2.29. The molecule has 0 aromatic carbocycles. The molecule has 12 heavy (non-hydrogen) atoms. The first-order valence-electron chi connectivity index (χ1n) is 4.17. The van der Waals surface area contributed by atoms with Gasteiger partial charge >= 0.3 is 0 Å². The van der Waals surface area contributed by atoms with E-state index in [2.05, 4.69) is 17.5 Å². The standard InChI is InChI=1S/C9H12O2S/c1-2-9(12-5-1)6-8-7-10-3-4-11-8/h1-2,5,8H,3-4,6-7H2. The summed E-state index contributed by atoms with van der Waals surface area (Å²) < 4.78 is 10.8. The van der Waals surface area contributed by atoms with Crippen molar-refractivity contribution in [1.82, 2.24) is 0 Å². The molecular weight excluding hydrogens is 172 g/mol. The van der Waals surface area contributed by atoms with E-state index < -0.39 is 0 Å². The smallest absolute Gasteiger partial charge is 0.0857 e. The van der Waals surface area contributed by atoms with E-state index in [0.717, 1.165) is 26.2 Å². The van der Waals surface area contributed by atoms with Crippen molar-refractivity contribution in [2.75, 3.05) is 19.8 Å². The molecule has 1 unspecified atom stereocenters. The van der Waals surface area contributed by atoms with Crippen molar-refractivity contribution in [3.8, 4) is 0 Å². The van der Waals surface area contributed by atoms with Crippen molar-refractivity contribution in [3.05, 3.63) is 22.4 Å². The van der Waals surface area contributed by atoms with Gasteiger partial charge in [-0.05, 0) is 11.4 Å². The number of thiophene rings is 1. The summed E-state index contributed by atoms with van der Waals surface area (Å²) in [5.41, 5.74) is 0. The summed E-state index contributed by atoms with van der Waals surface area (Å²) >= 11 is 1.78. The average molecular weight is 184 g/mol. The quantitative estimate of drug-likeness (QED) is 0.696. The van der Waals surface area contributed by atoms with Gasteiger partial charge in [0.05, 0.1) is 25.9 Å². The Labute approximate surface area is 76.1 Å². The minimum absolute atomic E-state index is 0.275. The number of hydrogen-bond donors (Lipinski definition) is 0. The molecule has 0 N–H and O–H groups in total. The van der Waals surface area contributed by atoms with Crippen LogP contribution in [0.25, 0.3) is 0 Å². The molecule has 0 saturated carbocycles. The second-order valence-electron chi connectivity index (χ2n) is 2.85. The van der Waals surface area contributed by atoms with Crippen LogP contribution < -0.4 is 0 Å². The van der Waals surface area contributed by atoms with Gasteiger partial charge in [0.25, 0.3) is 0 Å². The van der Waals surface area contributed by atoms with Crippen LogP contribution in [0.15, 0.2) is 17.5 Å². The molecule has 1 aromatic rings. The summed E-state index contributed by atoms with van der Waals surface area (Å²) in [6.07, 6.45) is 1.27. The topological polar surface area (TPSA) is 18.5 Å². The Kier molecular flexibility index (Phi) is 2.76. The average Bonchev–Trinajstić information content (AvgIpc) is 2.59. The second kappa shape index (κ2) is 4.03. The Bertz CT molecular complexity index is 214. The fraction of sp³-hybridized carbons (Fsp3) is 0.556. The molecule has 0 radical (unpaired) electrons. The first kappa shape index (κ1) is 8.23. The number of hydrogen-bond acceptors (Lipinski definition) is 3. The second-order valence-corrected chi connectivity index (χ2v) is 3.88. The van der Waals surface area contributed by atoms with Crippen molar-refractivity contribution in [2.45, 2.75) is 12.5 Å². The summed E-state index contributed by atoms with van der Waals surface area (Å²) in [6.45, 7) is 2.24. The molecule has 2 heterocycles. The third-order valence-electron chi connectivity index (χ3n) is 1.89. The third kappa shape index (κ3) is 2.06. The van der Waals surface area contributed by atoms with Gasteiger partial charge in [-0.2, -0.15) is 0 Å². The van der Waals surface area contributed by atoms with Crippen LogP contribution in [0.2, 0.25) is 0 Å². The van der Waals surface area contributed by atoms with Crippen molar-refractivity contribution >= 4 is 11.3 Å². The molecule has 66 valence electrons. The maximum absolute atomic E-state index is 5.53. The fourth-order valence-corrected chi connectivity index (χ4v) is 2.08. The molecule has 1 fully saturated rings. The lowest BCUT2D eigenvalue weighted by Gasteiger charge is -2.22. The van der Waals surface area contributed by atoms with E-state index in [-0.39, 0.29) is 6.10 Å². The molecule has 1 aliphatic heterocycles. The Balaban J connectivity index is 1.86. The maximum atomic E-state index is 5.53. The van der Waals surface area contributed by atoms with Gasteiger partial charge < -0.3 is 9.47 Å². The lowest BCUT2D eigenvalue weighted by atomic mass is 10.2. The first-order valence-corrected chi connectivity index (χ1v) is 5.05. The molecule has 1 aromatic heterocycles. The number of rotatable bonds is 2. The predicted octanol–water partition coefficient (Wildman–Crippen LogP) is 1.71. The van der Waals surface area contributed by atoms with E-state index in [1.54, 1.807) is 11.3 Å². The Hall–Kier alpha value is -0.380. The SMILES string of the molecule is c1csc(CC2COCCO2)c1. The number of ether oxygens (including phenoxy) is 2. The van der Waals surface area contributed by atoms with Gasteiger partial charge in [-0.1, -0.05) is 6.07 Å². The monoisotopic (exact) mass is 184 g/mol. The Morgan fingerprint density at radius 3 is 3.17 bits per heavy atom. The zero-order chi connectivity index (χ0) is 8.23. The molecule has 0 amide bonds. The van der Waals surface area contributed by atoms with Crippen molar-refractivity contribution in [1.29, 1.82) is 0 Å². The Morgan fingerprint density at radius 2 is 2.50 bits per heavy atom. The molecule has 0 spiro atoms. The van der Waals surface area contributed by atoms with Gasteiger partial charge in [0, 0.05) is 11.3 Å². The molecule has 3 heteroatoms. The highest BCUT2D eigenvalue weighted by molar-refractivity contribution is 7.09. The fourth-order valence-electron chi connectivity index (χ4n) is 1.31. The van der Waals surface area contributed by atoms with Crippen LogP contribution in [0.4, 0.5) is 0 Å². The van der Waals surface area contributed by atoms with Crippen LogP contribution in [0, 0.1) is 0 Å². The van der Waals surface area contributed by atoms with Crippen LogP contribution in [-0.2, 0) is 15.9 Å². The lowest BCUT2D eigenvalue weighted by molar-refractivity contribution is -0.0869. The zero-order valence-corrected chi connectivity index (χ0v) is 7.68. The molecule has 2 nitrogen and oxygen atoms in total. The molecule has 1 atom stereocenters. The minimum Gasteiger partial charge on any atom is -0.376 e. The molecule has 0 bridgehead atoms. The maximum Gasteiger partial charge on any atom is 0.0857 e. The van der Waals surface area contributed by atoms with Crippen LogP contribution in [0.1, 0.15) is 4.88 Å². The van der Waals surface area contributed by atoms with E-state index in [1.165, 1.54) is 4.88 Å². The van der Waals surface area contributed by atoms with E-state index in [0.29, 0.717) is 0 Å². The first-order chi connectivity index (χ1) is 5.95. The summed E-state index contributed by atoms with van der Waals surface area (Å²) in [4.78, 5) is 1.38. The Morgan fingerprint density at radius 1 is 1.50 bits per heavy atom. The summed E-state index contributed by atoms with van der Waals surface area (Å²) in [7, 11) is 0. The molecule has 2 rings (SSSR count). The highest BCUT2D eigenvalue weighted by atomic mass is 32.1. The van der Waals surface area contributed by atoms with Gasteiger partial charge in [-0.15, -0.1) is 11.3 Å². The molecule has 0 aliphatic carbocycles. The van der Waals surface area contributed by atoms with E-state index in [4.69, 9.17) is 9.47 Å². The van der Waals surface area contributed by atoms with Crippen LogP contribution >= 0.6 is 11.3 Å². The zero-order valence-electron chi connectivity index (χ0n) is 6.86. The van der Waals surface area contributed by atoms with Gasteiger partial charge in [0.1, 0.15) is 0 Å². The molecule has 1 saturated heterocycles.